The van der Waals surface area contributed by atoms with Gasteiger partial charge in [0.1, 0.15) is 0 Å². The summed E-state index contributed by atoms with van der Waals surface area (Å²) in [5.41, 5.74) is 10.2. The van der Waals surface area contributed by atoms with Crippen molar-refractivity contribution in [1.29, 1.82) is 0 Å². The molecule has 1 fully saturated rings. The molecule has 1 aromatic carbocycles. The summed E-state index contributed by atoms with van der Waals surface area (Å²) in [6.45, 7) is 4.25. The van der Waals surface area contributed by atoms with Crippen molar-refractivity contribution < 1.29 is 4.74 Å². The number of hydrogen-bond donors (Lipinski definition) is 1. The maximum atomic E-state index is 6.32. The van der Waals surface area contributed by atoms with Gasteiger partial charge in [-0.15, -0.1) is 0 Å². The first kappa shape index (κ1) is 12.6. The highest BCUT2D eigenvalue weighted by atomic mass is 16.5. The molecule has 0 heterocycles. The van der Waals surface area contributed by atoms with Crippen molar-refractivity contribution in [2.24, 2.45) is 5.73 Å². The minimum atomic E-state index is 0.0526. The van der Waals surface area contributed by atoms with Crippen molar-refractivity contribution in [1.82, 2.24) is 0 Å². The predicted octanol–water partition coefficient (Wildman–Crippen LogP) is 3.26. The minimum Gasteiger partial charge on any atom is -0.378 e. The van der Waals surface area contributed by atoms with Gasteiger partial charge < -0.3 is 10.5 Å². The molecule has 0 saturated heterocycles. The van der Waals surface area contributed by atoms with E-state index < -0.39 is 0 Å². The zero-order chi connectivity index (χ0) is 12.5. The fraction of sp³-hybridized carbons (Fsp3) is 0.600. The molecule has 0 spiro atoms. The van der Waals surface area contributed by atoms with Crippen molar-refractivity contribution in [3.05, 3.63) is 34.9 Å². The van der Waals surface area contributed by atoms with Crippen molar-refractivity contribution >= 4 is 0 Å². The van der Waals surface area contributed by atoms with Gasteiger partial charge in [0.2, 0.25) is 0 Å². The number of aryl methyl sites for hydroxylation is 2. The third-order valence-electron chi connectivity index (χ3n) is 3.96. The van der Waals surface area contributed by atoms with Crippen LogP contribution in [0.2, 0.25) is 0 Å². The van der Waals surface area contributed by atoms with Crippen LogP contribution in [0.15, 0.2) is 18.2 Å². The summed E-state index contributed by atoms with van der Waals surface area (Å²) in [4.78, 5) is 0. The minimum absolute atomic E-state index is 0.0526. The van der Waals surface area contributed by atoms with Crippen molar-refractivity contribution in [2.75, 3.05) is 7.11 Å². The van der Waals surface area contributed by atoms with Crippen molar-refractivity contribution in [2.45, 2.75) is 51.2 Å². The lowest BCUT2D eigenvalue weighted by molar-refractivity contribution is -0.0817. The second kappa shape index (κ2) is 4.79. The van der Waals surface area contributed by atoms with Gasteiger partial charge in [0, 0.05) is 13.2 Å². The molecule has 2 nitrogen and oxygen atoms in total. The van der Waals surface area contributed by atoms with Gasteiger partial charge in [0.15, 0.2) is 0 Å². The van der Waals surface area contributed by atoms with Crippen LogP contribution in [-0.4, -0.2) is 12.7 Å². The van der Waals surface area contributed by atoms with E-state index in [1.807, 2.05) is 7.11 Å². The molecule has 1 aliphatic rings. The first-order chi connectivity index (χ1) is 8.04. The average molecular weight is 233 g/mol. The Hall–Kier alpha value is -0.860. The van der Waals surface area contributed by atoms with Crippen LogP contribution >= 0.6 is 0 Å². The summed E-state index contributed by atoms with van der Waals surface area (Å²) in [5, 5.41) is 0. The van der Waals surface area contributed by atoms with Gasteiger partial charge in [0.05, 0.1) is 5.60 Å². The summed E-state index contributed by atoms with van der Waals surface area (Å²) in [6.07, 6.45) is 4.52. The standard InChI is InChI=1S/C15H23NO/c1-11-7-12(2)9-13(8-11)14(16)10-15(17-3)5-4-6-15/h7-9,14H,4-6,10,16H2,1-3H3. The Morgan fingerprint density at radius 1 is 1.24 bits per heavy atom. The van der Waals surface area contributed by atoms with Crippen molar-refractivity contribution in [3.8, 4) is 0 Å². The number of benzene rings is 1. The molecule has 2 rings (SSSR count). The van der Waals surface area contributed by atoms with E-state index in [0.717, 1.165) is 19.3 Å². The van der Waals surface area contributed by atoms with Crippen LogP contribution in [0, 0.1) is 13.8 Å². The number of rotatable bonds is 4. The van der Waals surface area contributed by atoms with E-state index in [9.17, 15) is 0 Å². The topological polar surface area (TPSA) is 35.2 Å². The highest BCUT2D eigenvalue weighted by molar-refractivity contribution is 5.30. The lowest BCUT2D eigenvalue weighted by atomic mass is 9.74. The fourth-order valence-corrected chi connectivity index (χ4v) is 2.81. The Morgan fingerprint density at radius 3 is 2.24 bits per heavy atom. The number of nitrogens with two attached hydrogens (primary N) is 1. The van der Waals surface area contributed by atoms with E-state index in [1.165, 1.54) is 23.1 Å². The third-order valence-corrected chi connectivity index (χ3v) is 3.96. The fourth-order valence-electron chi connectivity index (χ4n) is 2.81. The normalized spacial score (nSPS) is 19.8. The van der Waals surface area contributed by atoms with Gasteiger partial charge >= 0.3 is 0 Å². The summed E-state index contributed by atoms with van der Waals surface area (Å²) in [7, 11) is 1.81. The smallest absolute Gasteiger partial charge is 0.0696 e. The van der Waals surface area contributed by atoms with Crippen LogP contribution in [-0.2, 0) is 4.74 Å². The summed E-state index contributed by atoms with van der Waals surface area (Å²) >= 11 is 0. The zero-order valence-electron chi connectivity index (χ0n) is 11.1. The predicted molar refractivity (Wildman–Crippen MR) is 71.1 cm³/mol. The lowest BCUT2D eigenvalue weighted by Gasteiger charge is -2.42. The highest BCUT2D eigenvalue weighted by Crippen LogP contribution is 2.41. The molecule has 2 heteroatoms. The molecular formula is C15H23NO. The van der Waals surface area contributed by atoms with Crippen LogP contribution in [0.3, 0.4) is 0 Å². The molecule has 0 bridgehead atoms. The highest BCUT2D eigenvalue weighted by Gasteiger charge is 2.38. The molecule has 1 aliphatic carbocycles. The molecule has 17 heavy (non-hydrogen) atoms. The average Bonchev–Trinajstić information content (AvgIpc) is 2.21. The molecule has 94 valence electrons. The zero-order valence-corrected chi connectivity index (χ0v) is 11.1. The van der Waals surface area contributed by atoms with Gasteiger partial charge in [-0.05, 0) is 45.1 Å². The van der Waals surface area contributed by atoms with Crippen LogP contribution in [0.4, 0.5) is 0 Å². The second-order valence-electron chi connectivity index (χ2n) is 5.47. The second-order valence-corrected chi connectivity index (χ2v) is 5.47. The Labute approximate surface area is 104 Å². The molecule has 0 aromatic heterocycles. The molecule has 0 amide bonds. The Bertz CT molecular complexity index is 370. The molecule has 2 N–H and O–H groups in total. The van der Waals surface area contributed by atoms with E-state index in [-0.39, 0.29) is 11.6 Å². The van der Waals surface area contributed by atoms with Gasteiger partial charge in [-0.1, -0.05) is 29.3 Å². The molecule has 1 atom stereocenters. The van der Waals surface area contributed by atoms with E-state index >= 15 is 0 Å². The quantitative estimate of drug-likeness (QED) is 0.866. The maximum Gasteiger partial charge on any atom is 0.0696 e. The summed E-state index contributed by atoms with van der Waals surface area (Å²) < 4.78 is 5.65. The van der Waals surface area contributed by atoms with Crippen LogP contribution in [0.5, 0.6) is 0 Å². The molecule has 1 saturated carbocycles. The largest absolute Gasteiger partial charge is 0.378 e. The lowest BCUT2D eigenvalue weighted by Crippen LogP contribution is -2.41. The molecule has 0 aliphatic heterocycles. The van der Waals surface area contributed by atoms with E-state index in [2.05, 4.69) is 32.0 Å². The number of methoxy groups -OCH3 is 1. The first-order valence-corrected chi connectivity index (χ1v) is 6.44. The van der Waals surface area contributed by atoms with Crippen molar-refractivity contribution in [3.63, 3.8) is 0 Å². The summed E-state index contributed by atoms with van der Waals surface area (Å²) in [5.74, 6) is 0. The van der Waals surface area contributed by atoms with E-state index in [1.54, 1.807) is 0 Å². The van der Waals surface area contributed by atoms with Gasteiger partial charge in [-0.2, -0.15) is 0 Å². The van der Waals surface area contributed by atoms with Gasteiger partial charge in [-0.3, -0.25) is 0 Å². The van der Waals surface area contributed by atoms with Gasteiger partial charge in [0.25, 0.3) is 0 Å². The van der Waals surface area contributed by atoms with Crippen LogP contribution in [0.25, 0.3) is 0 Å². The SMILES string of the molecule is COC1(CC(N)c2cc(C)cc(C)c2)CCC1. The van der Waals surface area contributed by atoms with Crippen LogP contribution in [0.1, 0.15) is 48.4 Å². The molecule has 0 radical (unpaired) electrons. The Morgan fingerprint density at radius 2 is 1.82 bits per heavy atom. The van der Waals surface area contributed by atoms with E-state index in [4.69, 9.17) is 10.5 Å². The Balaban J connectivity index is 2.11. The van der Waals surface area contributed by atoms with Crippen LogP contribution < -0.4 is 5.73 Å². The third kappa shape index (κ3) is 2.70. The monoisotopic (exact) mass is 233 g/mol. The molecule has 1 aromatic rings. The summed E-state index contributed by atoms with van der Waals surface area (Å²) in [6, 6.07) is 6.67. The van der Waals surface area contributed by atoms with Gasteiger partial charge in [-0.25, -0.2) is 0 Å². The Kier molecular flexibility index (Phi) is 3.55. The molecule has 1 unspecified atom stereocenters. The number of hydrogen-bond acceptors (Lipinski definition) is 2. The molecular weight excluding hydrogens is 210 g/mol. The van der Waals surface area contributed by atoms with E-state index in [0.29, 0.717) is 0 Å². The maximum absolute atomic E-state index is 6.32. The first-order valence-electron chi connectivity index (χ1n) is 6.44. The number of ether oxygens (including phenoxy) is 1.